The summed E-state index contributed by atoms with van der Waals surface area (Å²) in [4.78, 5) is -0.0470. The van der Waals surface area contributed by atoms with Gasteiger partial charge in [0.15, 0.2) is 0 Å². The van der Waals surface area contributed by atoms with Gasteiger partial charge in [0.1, 0.15) is 10.6 Å². The van der Waals surface area contributed by atoms with Crippen molar-refractivity contribution in [3.05, 3.63) is 22.7 Å². The number of unbranched alkanes of at least 4 members (excludes halogenated alkanes) is 1. The topological polar surface area (TPSA) is 43.4 Å². The van der Waals surface area contributed by atoms with E-state index in [0.717, 1.165) is 0 Å². The summed E-state index contributed by atoms with van der Waals surface area (Å²) < 4.78 is 28.6. The average Bonchev–Trinajstić information content (AvgIpc) is 2.25. The van der Waals surface area contributed by atoms with Crippen LogP contribution in [0, 0.1) is 12.3 Å². The molecule has 3 nitrogen and oxygen atoms in total. The van der Waals surface area contributed by atoms with E-state index in [-0.39, 0.29) is 10.6 Å². The molecule has 0 unspecified atom stereocenters. The van der Waals surface area contributed by atoms with Gasteiger partial charge in [-0.1, -0.05) is 15.9 Å². The van der Waals surface area contributed by atoms with Crippen LogP contribution in [0.5, 0.6) is 5.75 Å². The Morgan fingerprint density at radius 3 is 2.76 bits per heavy atom. The summed E-state index contributed by atoms with van der Waals surface area (Å²) in [5.74, 6) is 2.71. The molecule has 0 aliphatic heterocycles. The maximum absolute atomic E-state index is 11.3. The molecule has 0 atom stereocenters. The zero-order chi connectivity index (χ0) is 12.9. The molecule has 17 heavy (non-hydrogen) atoms. The average molecular weight is 338 g/mol. The van der Waals surface area contributed by atoms with Crippen molar-refractivity contribution >= 4 is 35.7 Å². The monoisotopic (exact) mass is 336 g/mol. The Hall–Kier alpha value is -0.700. The molecular formula is C11H10BrClO3S. The number of hydrogen-bond donors (Lipinski definition) is 0. The molecule has 1 aromatic rings. The van der Waals surface area contributed by atoms with Gasteiger partial charge in [-0.05, 0) is 24.6 Å². The van der Waals surface area contributed by atoms with Gasteiger partial charge in [0, 0.05) is 21.6 Å². The summed E-state index contributed by atoms with van der Waals surface area (Å²) in [5, 5.41) is 0. The van der Waals surface area contributed by atoms with Crippen molar-refractivity contribution in [3.63, 3.8) is 0 Å². The SMILES string of the molecule is C#CCCCOc1ccc(Br)cc1S(=O)(=O)Cl. The Morgan fingerprint density at radius 1 is 1.47 bits per heavy atom. The molecule has 0 aromatic heterocycles. The van der Waals surface area contributed by atoms with Gasteiger partial charge in [0.2, 0.25) is 0 Å². The molecule has 0 bridgehead atoms. The zero-order valence-corrected chi connectivity index (χ0v) is 12.0. The van der Waals surface area contributed by atoms with E-state index in [0.29, 0.717) is 23.9 Å². The normalized spacial score (nSPS) is 10.9. The van der Waals surface area contributed by atoms with E-state index in [4.69, 9.17) is 21.8 Å². The van der Waals surface area contributed by atoms with E-state index in [1.54, 1.807) is 12.1 Å². The highest BCUT2D eigenvalue weighted by molar-refractivity contribution is 9.10. The third-order valence-corrected chi connectivity index (χ3v) is 3.73. The van der Waals surface area contributed by atoms with E-state index >= 15 is 0 Å². The summed E-state index contributed by atoms with van der Waals surface area (Å²) in [5.41, 5.74) is 0. The van der Waals surface area contributed by atoms with Gasteiger partial charge in [-0.2, -0.15) is 0 Å². The standard InChI is InChI=1S/C11H10BrClO3S/c1-2-3-4-7-16-10-6-5-9(12)8-11(10)17(13,14)15/h1,5-6,8H,3-4,7H2. The second-order valence-electron chi connectivity index (χ2n) is 3.19. The zero-order valence-electron chi connectivity index (χ0n) is 8.82. The molecule has 0 N–H and O–H groups in total. The van der Waals surface area contributed by atoms with Crippen molar-refractivity contribution < 1.29 is 13.2 Å². The van der Waals surface area contributed by atoms with Gasteiger partial charge >= 0.3 is 0 Å². The molecule has 0 spiro atoms. The first-order valence-corrected chi connectivity index (χ1v) is 7.86. The lowest BCUT2D eigenvalue weighted by Gasteiger charge is -2.09. The Morgan fingerprint density at radius 2 is 2.18 bits per heavy atom. The minimum absolute atomic E-state index is 0.0470. The Bertz CT molecular complexity index is 534. The summed E-state index contributed by atoms with van der Waals surface area (Å²) >= 11 is 3.18. The van der Waals surface area contributed by atoms with Gasteiger partial charge in [-0.25, -0.2) is 8.42 Å². The molecule has 6 heteroatoms. The number of rotatable bonds is 5. The fraction of sp³-hybridized carbons (Fsp3) is 0.273. The Labute approximate surface area is 114 Å². The number of ether oxygens (including phenoxy) is 1. The second kappa shape index (κ2) is 6.29. The first-order valence-electron chi connectivity index (χ1n) is 4.75. The van der Waals surface area contributed by atoms with E-state index in [2.05, 4.69) is 21.9 Å². The van der Waals surface area contributed by atoms with Gasteiger partial charge < -0.3 is 4.74 Å². The van der Waals surface area contributed by atoms with E-state index in [1.807, 2.05) is 0 Å². The number of halogens is 2. The van der Waals surface area contributed by atoms with Crippen molar-refractivity contribution in [2.45, 2.75) is 17.7 Å². The van der Waals surface area contributed by atoms with Crippen molar-refractivity contribution in [2.75, 3.05) is 6.61 Å². The predicted octanol–water partition coefficient (Wildman–Crippen LogP) is 3.17. The molecule has 1 aromatic carbocycles. The smallest absolute Gasteiger partial charge is 0.265 e. The van der Waals surface area contributed by atoms with Crippen molar-refractivity contribution in [1.29, 1.82) is 0 Å². The molecule has 0 aliphatic carbocycles. The fourth-order valence-corrected chi connectivity index (χ4v) is 2.66. The van der Waals surface area contributed by atoms with Crippen LogP contribution < -0.4 is 4.74 Å². The highest BCUT2D eigenvalue weighted by Gasteiger charge is 2.17. The van der Waals surface area contributed by atoms with Crippen LogP contribution >= 0.6 is 26.6 Å². The molecular weight excluding hydrogens is 328 g/mol. The summed E-state index contributed by atoms with van der Waals surface area (Å²) in [6.45, 7) is 0.352. The Balaban J connectivity index is 2.89. The van der Waals surface area contributed by atoms with Gasteiger partial charge in [0.05, 0.1) is 6.61 Å². The predicted molar refractivity (Wildman–Crippen MR) is 70.7 cm³/mol. The highest BCUT2D eigenvalue weighted by Crippen LogP contribution is 2.30. The minimum atomic E-state index is -3.82. The lowest BCUT2D eigenvalue weighted by molar-refractivity contribution is 0.305. The van der Waals surface area contributed by atoms with Crippen LogP contribution in [0.25, 0.3) is 0 Å². The van der Waals surface area contributed by atoms with Crippen molar-refractivity contribution in [2.24, 2.45) is 0 Å². The molecule has 0 heterocycles. The highest BCUT2D eigenvalue weighted by atomic mass is 79.9. The third-order valence-electron chi connectivity index (χ3n) is 1.89. The van der Waals surface area contributed by atoms with Crippen LogP contribution in [0.4, 0.5) is 0 Å². The van der Waals surface area contributed by atoms with Crippen LogP contribution in [0.1, 0.15) is 12.8 Å². The molecule has 0 saturated heterocycles. The molecule has 92 valence electrons. The third kappa shape index (κ3) is 4.58. The van der Waals surface area contributed by atoms with E-state index < -0.39 is 9.05 Å². The van der Waals surface area contributed by atoms with Crippen LogP contribution in [0.15, 0.2) is 27.6 Å². The number of terminal acetylenes is 1. The fourth-order valence-electron chi connectivity index (χ4n) is 1.15. The largest absolute Gasteiger partial charge is 0.492 e. The Kier molecular flexibility index (Phi) is 5.31. The van der Waals surface area contributed by atoms with Gasteiger partial charge in [0.25, 0.3) is 9.05 Å². The maximum atomic E-state index is 11.3. The summed E-state index contributed by atoms with van der Waals surface area (Å²) in [6.07, 6.45) is 6.34. The molecule has 0 amide bonds. The number of hydrogen-bond acceptors (Lipinski definition) is 3. The lowest BCUT2D eigenvalue weighted by atomic mass is 10.3. The van der Waals surface area contributed by atoms with Gasteiger partial charge in [-0.15, -0.1) is 12.3 Å². The number of benzene rings is 1. The molecule has 0 saturated carbocycles. The molecule has 0 aliphatic rings. The molecule has 1 rings (SSSR count). The van der Waals surface area contributed by atoms with Crippen LogP contribution in [0.3, 0.4) is 0 Å². The van der Waals surface area contributed by atoms with E-state index in [9.17, 15) is 8.42 Å². The van der Waals surface area contributed by atoms with Crippen LogP contribution in [-0.4, -0.2) is 15.0 Å². The van der Waals surface area contributed by atoms with Crippen LogP contribution in [-0.2, 0) is 9.05 Å². The van der Waals surface area contributed by atoms with Crippen LogP contribution in [0.2, 0.25) is 0 Å². The molecule has 0 fully saturated rings. The summed E-state index contributed by atoms with van der Waals surface area (Å²) in [6, 6.07) is 4.64. The quantitative estimate of drug-likeness (QED) is 0.471. The maximum Gasteiger partial charge on any atom is 0.265 e. The first kappa shape index (κ1) is 14.4. The molecule has 0 radical (unpaired) electrons. The second-order valence-corrected chi connectivity index (χ2v) is 6.64. The summed E-state index contributed by atoms with van der Waals surface area (Å²) in [7, 11) is 1.49. The van der Waals surface area contributed by atoms with E-state index in [1.165, 1.54) is 6.07 Å². The van der Waals surface area contributed by atoms with Gasteiger partial charge in [-0.3, -0.25) is 0 Å². The minimum Gasteiger partial charge on any atom is -0.492 e. The van der Waals surface area contributed by atoms with Crippen molar-refractivity contribution in [3.8, 4) is 18.1 Å². The first-order chi connectivity index (χ1) is 7.95. The van der Waals surface area contributed by atoms with Crippen molar-refractivity contribution in [1.82, 2.24) is 0 Å². The lowest BCUT2D eigenvalue weighted by Crippen LogP contribution is -2.02.